The van der Waals surface area contributed by atoms with Gasteiger partial charge < -0.3 is 15.4 Å². The Balaban J connectivity index is 1.74. The lowest BCUT2D eigenvalue weighted by molar-refractivity contribution is -0.114. The van der Waals surface area contributed by atoms with Crippen LogP contribution in [0.3, 0.4) is 0 Å². The normalized spacial score (nSPS) is 16.8. The molecule has 1 saturated heterocycles. The average Bonchev–Trinajstić information content (AvgIpc) is 3.01. The van der Waals surface area contributed by atoms with Crippen molar-refractivity contribution < 1.29 is 13.9 Å². The van der Waals surface area contributed by atoms with E-state index in [0.717, 1.165) is 24.1 Å². The largest absolute Gasteiger partial charge is 0.381 e. The molecule has 2 aromatic rings. The monoisotopic (exact) mass is 349 g/mol. The predicted molar refractivity (Wildman–Crippen MR) is 91.4 cm³/mol. The van der Waals surface area contributed by atoms with Crippen molar-refractivity contribution in [1.82, 2.24) is 10.3 Å². The van der Waals surface area contributed by atoms with Crippen LogP contribution < -0.4 is 10.6 Å². The maximum Gasteiger partial charge on any atom is 0.223 e. The summed E-state index contributed by atoms with van der Waals surface area (Å²) >= 11 is 1.40. The van der Waals surface area contributed by atoms with Crippen molar-refractivity contribution in [2.75, 3.05) is 18.5 Å². The van der Waals surface area contributed by atoms with E-state index in [1.54, 1.807) is 0 Å². The lowest BCUT2D eigenvalue weighted by Crippen LogP contribution is -2.46. The molecule has 128 valence electrons. The number of nitrogens with zero attached hydrogens (tertiary/aromatic N) is 1. The molecule has 1 amide bonds. The zero-order chi connectivity index (χ0) is 17.0. The van der Waals surface area contributed by atoms with Crippen molar-refractivity contribution >= 4 is 22.4 Å². The molecule has 2 N–H and O–H groups in total. The maximum absolute atomic E-state index is 13.2. The summed E-state index contributed by atoms with van der Waals surface area (Å²) in [6.45, 7) is 3.37. The maximum atomic E-state index is 13.2. The van der Waals surface area contributed by atoms with E-state index in [1.807, 2.05) is 17.5 Å². The Bertz CT molecular complexity index is 696. The minimum absolute atomic E-state index is 0.129. The highest BCUT2D eigenvalue weighted by molar-refractivity contribution is 7.13. The first kappa shape index (κ1) is 17.0. The fourth-order valence-corrected chi connectivity index (χ4v) is 3.67. The van der Waals surface area contributed by atoms with Gasteiger partial charge in [0.2, 0.25) is 5.91 Å². The van der Waals surface area contributed by atoms with Crippen LogP contribution in [-0.2, 0) is 21.6 Å². The molecule has 0 radical (unpaired) electrons. The molecule has 0 saturated carbocycles. The molecular weight excluding hydrogens is 329 g/mol. The van der Waals surface area contributed by atoms with Gasteiger partial charge in [-0.15, -0.1) is 11.3 Å². The molecule has 1 aliphatic rings. The molecular formula is C17H20FN3O2S. The Hall–Kier alpha value is -1.83. The molecule has 0 atom stereocenters. The zero-order valence-electron chi connectivity index (χ0n) is 13.5. The van der Waals surface area contributed by atoms with Gasteiger partial charge in [0.05, 0.1) is 5.69 Å². The van der Waals surface area contributed by atoms with Crippen molar-refractivity contribution in [1.29, 1.82) is 0 Å². The van der Waals surface area contributed by atoms with Crippen LogP contribution in [0, 0.1) is 5.82 Å². The van der Waals surface area contributed by atoms with Crippen molar-refractivity contribution in [3.63, 3.8) is 0 Å². The summed E-state index contributed by atoms with van der Waals surface area (Å²) in [5.74, 6) is -0.364. The second kappa shape index (κ2) is 7.38. The summed E-state index contributed by atoms with van der Waals surface area (Å²) in [5, 5.41) is 8.80. The van der Waals surface area contributed by atoms with Crippen molar-refractivity contribution in [3.8, 4) is 0 Å². The minimum Gasteiger partial charge on any atom is -0.381 e. The molecule has 3 rings (SSSR count). The van der Waals surface area contributed by atoms with Crippen LogP contribution >= 0.6 is 11.3 Å². The summed E-state index contributed by atoms with van der Waals surface area (Å²) in [5.41, 5.74) is 1.69. The van der Waals surface area contributed by atoms with Crippen molar-refractivity contribution in [2.24, 2.45) is 0 Å². The van der Waals surface area contributed by atoms with E-state index in [9.17, 15) is 9.18 Å². The summed E-state index contributed by atoms with van der Waals surface area (Å²) in [4.78, 5) is 15.5. The van der Waals surface area contributed by atoms with E-state index in [2.05, 4.69) is 15.6 Å². The van der Waals surface area contributed by atoms with Gasteiger partial charge in [-0.25, -0.2) is 9.37 Å². The van der Waals surface area contributed by atoms with Gasteiger partial charge in [-0.3, -0.25) is 4.79 Å². The number of thiazole rings is 1. The molecule has 0 spiro atoms. The second-order valence-corrected chi connectivity index (χ2v) is 6.74. The number of benzene rings is 1. The smallest absolute Gasteiger partial charge is 0.223 e. The summed E-state index contributed by atoms with van der Waals surface area (Å²) in [6, 6.07) is 6.65. The van der Waals surface area contributed by atoms with Crippen LogP contribution in [0.4, 0.5) is 9.52 Å². The zero-order valence-corrected chi connectivity index (χ0v) is 14.3. The van der Waals surface area contributed by atoms with Gasteiger partial charge in [0.25, 0.3) is 0 Å². The Morgan fingerprint density at radius 3 is 2.71 bits per heavy atom. The molecule has 0 unspecified atom stereocenters. The number of aromatic nitrogens is 1. The Kier molecular flexibility index (Phi) is 5.23. The number of halogens is 1. The third-order valence-corrected chi connectivity index (χ3v) is 4.99. The highest BCUT2D eigenvalue weighted by Crippen LogP contribution is 2.33. The highest BCUT2D eigenvalue weighted by atomic mass is 32.1. The number of anilines is 1. The Labute approximate surface area is 144 Å². The number of hydrogen-bond acceptors (Lipinski definition) is 5. The first-order chi connectivity index (χ1) is 11.6. The Morgan fingerprint density at radius 1 is 1.33 bits per heavy atom. The number of nitrogens with one attached hydrogen (secondary N) is 2. The third kappa shape index (κ3) is 3.98. The molecule has 1 aliphatic heterocycles. The molecule has 0 aliphatic carbocycles. The molecule has 1 aromatic heterocycles. The lowest BCUT2D eigenvalue weighted by atomic mass is 9.82. The second-order valence-electron chi connectivity index (χ2n) is 5.88. The SMILES string of the molecule is CC(=O)Nc1nc(CNC2(c3ccc(F)cc3)CCOCC2)cs1. The van der Waals surface area contributed by atoms with E-state index in [4.69, 9.17) is 4.74 Å². The quantitative estimate of drug-likeness (QED) is 0.871. The summed E-state index contributed by atoms with van der Waals surface area (Å²) < 4.78 is 18.7. The third-order valence-electron chi connectivity index (χ3n) is 4.19. The minimum atomic E-state index is -0.246. The Morgan fingerprint density at radius 2 is 2.04 bits per heavy atom. The van der Waals surface area contributed by atoms with E-state index < -0.39 is 0 Å². The van der Waals surface area contributed by atoms with Crippen molar-refractivity contribution in [2.45, 2.75) is 31.8 Å². The molecule has 5 nitrogen and oxygen atoms in total. The van der Waals surface area contributed by atoms with E-state index >= 15 is 0 Å². The molecule has 7 heteroatoms. The first-order valence-corrected chi connectivity index (χ1v) is 8.76. The number of rotatable bonds is 5. The average molecular weight is 349 g/mol. The molecule has 2 heterocycles. The van der Waals surface area contributed by atoms with Gasteiger partial charge in [-0.2, -0.15) is 0 Å². The number of hydrogen-bond donors (Lipinski definition) is 2. The number of carbonyl (C=O) groups excluding carboxylic acids is 1. The molecule has 1 fully saturated rings. The van der Waals surface area contributed by atoms with Gasteiger partial charge >= 0.3 is 0 Å². The molecule has 24 heavy (non-hydrogen) atoms. The fraction of sp³-hybridized carbons (Fsp3) is 0.412. The van der Waals surface area contributed by atoms with Gasteiger partial charge in [-0.05, 0) is 30.5 Å². The van der Waals surface area contributed by atoms with Gasteiger partial charge in [-0.1, -0.05) is 12.1 Å². The van der Waals surface area contributed by atoms with Gasteiger partial charge in [0.1, 0.15) is 5.82 Å². The van der Waals surface area contributed by atoms with Gasteiger partial charge in [0, 0.05) is 37.6 Å². The molecule has 0 bridgehead atoms. The first-order valence-electron chi connectivity index (χ1n) is 7.88. The van der Waals surface area contributed by atoms with Gasteiger partial charge in [0.15, 0.2) is 5.13 Å². The highest BCUT2D eigenvalue weighted by Gasteiger charge is 2.34. The number of amides is 1. The van der Waals surface area contributed by atoms with Crippen molar-refractivity contribution in [3.05, 3.63) is 46.7 Å². The van der Waals surface area contributed by atoms with E-state index in [-0.39, 0.29) is 17.3 Å². The number of carbonyl (C=O) groups is 1. The van der Waals surface area contributed by atoms with Crippen LogP contribution in [0.2, 0.25) is 0 Å². The van der Waals surface area contributed by atoms with E-state index in [0.29, 0.717) is 24.9 Å². The van der Waals surface area contributed by atoms with Crippen LogP contribution in [0.1, 0.15) is 31.0 Å². The fourth-order valence-electron chi connectivity index (χ4n) is 2.91. The van der Waals surface area contributed by atoms with E-state index in [1.165, 1.54) is 30.4 Å². The molecule has 1 aromatic carbocycles. The topological polar surface area (TPSA) is 63.2 Å². The summed E-state index contributed by atoms with van der Waals surface area (Å²) in [7, 11) is 0. The van der Waals surface area contributed by atoms with Crippen LogP contribution in [0.5, 0.6) is 0 Å². The summed E-state index contributed by atoms with van der Waals surface area (Å²) in [6.07, 6.45) is 1.64. The van der Waals surface area contributed by atoms with Crippen LogP contribution in [0.25, 0.3) is 0 Å². The van der Waals surface area contributed by atoms with Crippen LogP contribution in [-0.4, -0.2) is 24.1 Å². The lowest BCUT2D eigenvalue weighted by Gasteiger charge is -2.38. The predicted octanol–water partition coefficient (Wildman–Crippen LogP) is 3.04. The number of ether oxygens (including phenoxy) is 1. The van der Waals surface area contributed by atoms with Crippen LogP contribution in [0.15, 0.2) is 29.6 Å². The standard InChI is InChI=1S/C17H20FN3O2S/c1-12(22)20-16-21-15(11-24-16)10-19-17(6-8-23-9-7-17)13-2-4-14(18)5-3-13/h2-5,11,19H,6-10H2,1H3,(H,20,21,22).